The maximum absolute atomic E-state index is 12.2. The Balaban J connectivity index is 1.61. The van der Waals surface area contributed by atoms with E-state index in [1.165, 1.54) is 29.5 Å². The second-order valence-electron chi connectivity index (χ2n) is 7.76. The summed E-state index contributed by atoms with van der Waals surface area (Å²) in [6, 6.07) is 7.35. The molecule has 23 heavy (non-hydrogen) atoms. The predicted molar refractivity (Wildman–Crippen MR) is 91.6 cm³/mol. The van der Waals surface area contributed by atoms with Gasteiger partial charge in [0.2, 0.25) is 0 Å². The second-order valence-corrected chi connectivity index (χ2v) is 7.76. The molecule has 0 spiro atoms. The van der Waals surface area contributed by atoms with E-state index in [0.29, 0.717) is 6.04 Å². The maximum atomic E-state index is 12.2. The van der Waals surface area contributed by atoms with Crippen LogP contribution < -0.4 is 0 Å². The molecule has 4 nitrogen and oxygen atoms in total. The molecule has 1 aliphatic carbocycles. The minimum Gasteiger partial charge on any atom is -0.444 e. The molecule has 1 atom stereocenters. The Morgan fingerprint density at radius 2 is 1.87 bits per heavy atom. The number of hydrogen-bond donors (Lipinski definition) is 0. The van der Waals surface area contributed by atoms with Crippen LogP contribution in [0.2, 0.25) is 0 Å². The van der Waals surface area contributed by atoms with Gasteiger partial charge in [-0.05, 0) is 51.7 Å². The Hall–Kier alpha value is -1.55. The van der Waals surface area contributed by atoms with Gasteiger partial charge >= 0.3 is 6.09 Å². The summed E-state index contributed by atoms with van der Waals surface area (Å²) < 4.78 is 5.48. The van der Waals surface area contributed by atoms with Crippen LogP contribution in [0.25, 0.3) is 0 Å². The van der Waals surface area contributed by atoms with Gasteiger partial charge in [0.1, 0.15) is 5.60 Å². The summed E-state index contributed by atoms with van der Waals surface area (Å²) in [5, 5.41) is 0. The molecule has 2 aliphatic rings. The van der Waals surface area contributed by atoms with Crippen molar-refractivity contribution in [2.75, 3.05) is 26.2 Å². The van der Waals surface area contributed by atoms with Crippen molar-refractivity contribution in [3.63, 3.8) is 0 Å². The van der Waals surface area contributed by atoms with Crippen molar-refractivity contribution in [1.29, 1.82) is 0 Å². The van der Waals surface area contributed by atoms with Gasteiger partial charge in [0.25, 0.3) is 0 Å². The average Bonchev–Trinajstić information content (AvgIpc) is 2.88. The number of fused-ring (bicyclic) bond motifs is 1. The molecule has 1 fully saturated rings. The number of benzene rings is 1. The Bertz CT molecular complexity index is 584. The molecule has 3 rings (SSSR count). The summed E-state index contributed by atoms with van der Waals surface area (Å²) in [6.45, 7) is 11.3. The fourth-order valence-corrected chi connectivity index (χ4v) is 3.62. The number of piperazine rings is 1. The number of rotatable bonds is 1. The fraction of sp³-hybridized carbons (Fsp3) is 0.632. The summed E-state index contributed by atoms with van der Waals surface area (Å²) in [6.07, 6.45) is 2.19. The van der Waals surface area contributed by atoms with Gasteiger partial charge in [0.15, 0.2) is 0 Å². The molecule has 1 unspecified atom stereocenters. The third kappa shape index (κ3) is 3.69. The highest BCUT2D eigenvalue weighted by molar-refractivity contribution is 5.68. The summed E-state index contributed by atoms with van der Waals surface area (Å²) >= 11 is 0. The average molecular weight is 316 g/mol. The topological polar surface area (TPSA) is 32.8 Å². The van der Waals surface area contributed by atoms with Crippen molar-refractivity contribution in [3.05, 3.63) is 34.9 Å². The van der Waals surface area contributed by atoms with Crippen molar-refractivity contribution in [2.24, 2.45) is 0 Å². The van der Waals surface area contributed by atoms with Gasteiger partial charge in [-0.1, -0.05) is 23.8 Å². The zero-order valence-corrected chi connectivity index (χ0v) is 14.8. The van der Waals surface area contributed by atoms with Crippen LogP contribution in [0.5, 0.6) is 0 Å². The number of ether oxygens (including phenoxy) is 1. The molecule has 1 heterocycles. The molecule has 0 N–H and O–H groups in total. The first-order chi connectivity index (χ1) is 10.8. The van der Waals surface area contributed by atoms with Crippen LogP contribution in [0.1, 0.15) is 49.9 Å². The third-order valence-electron chi connectivity index (χ3n) is 4.75. The molecule has 4 heteroatoms. The summed E-state index contributed by atoms with van der Waals surface area (Å²) in [5.74, 6) is 0. The van der Waals surface area contributed by atoms with Gasteiger partial charge in [-0.3, -0.25) is 4.90 Å². The highest BCUT2D eigenvalue weighted by atomic mass is 16.6. The molecule has 126 valence electrons. The van der Waals surface area contributed by atoms with E-state index in [-0.39, 0.29) is 6.09 Å². The first-order valence-electron chi connectivity index (χ1n) is 8.65. The van der Waals surface area contributed by atoms with Crippen molar-refractivity contribution in [3.8, 4) is 0 Å². The van der Waals surface area contributed by atoms with Crippen molar-refractivity contribution >= 4 is 6.09 Å². The quantitative estimate of drug-likeness (QED) is 0.794. The minimum absolute atomic E-state index is 0.181. The highest BCUT2D eigenvalue weighted by Crippen LogP contribution is 2.36. The number of amides is 1. The normalized spacial score (nSPS) is 22.1. The number of carbonyl (C=O) groups excluding carboxylic acids is 1. The molecule has 1 aromatic carbocycles. The van der Waals surface area contributed by atoms with Gasteiger partial charge in [0, 0.05) is 32.2 Å². The molecule has 1 aromatic rings. The molecule has 1 amide bonds. The monoisotopic (exact) mass is 316 g/mol. The molecular weight excluding hydrogens is 288 g/mol. The first-order valence-corrected chi connectivity index (χ1v) is 8.65. The van der Waals surface area contributed by atoms with E-state index in [4.69, 9.17) is 4.74 Å². The van der Waals surface area contributed by atoms with E-state index in [9.17, 15) is 4.79 Å². The Kier molecular flexibility index (Phi) is 4.37. The summed E-state index contributed by atoms with van der Waals surface area (Å²) in [4.78, 5) is 16.5. The zero-order chi connectivity index (χ0) is 16.6. The van der Waals surface area contributed by atoms with Crippen molar-refractivity contribution in [1.82, 2.24) is 9.80 Å². The van der Waals surface area contributed by atoms with Crippen LogP contribution in [0.4, 0.5) is 4.79 Å². The number of carbonyl (C=O) groups is 1. The Labute approximate surface area is 139 Å². The molecule has 0 saturated carbocycles. The molecular formula is C19H28N2O2. The lowest BCUT2D eigenvalue weighted by Gasteiger charge is -2.38. The SMILES string of the molecule is Cc1ccc2c(c1)C(N1CCN(C(=O)OC(C)(C)C)CC1)CC2. The van der Waals surface area contributed by atoms with E-state index < -0.39 is 5.60 Å². The number of nitrogens with zero attached hydrogens (tertiary/aromatic N) is 2. The van der Waals surface area contributed by atoms with E-state index in [1.807, 2.05) is 25.7 Å². The third-order valence-corrected chi connectivity index (χ3v) is 4.75. The Morgan fingerprint density at radius 3 is 2.52 bits per heavy atom. The maximum Gasteiger partial charge on any atom is 0.410 e. The van der Waals surface area contributed by atoms with E-state index in [2.05, 4.69) is 30.0 Å². The standard InChI is InChI=1S/C19H28N2O2/c1-14-5-6-15-7-8-17(16(15)13-14)20-9-11-21(12-10-20)18(22)23-19(2,3)4/h5-6,13,17H,7-12H2,1-4H3. The molecule has 1 aliphatic heterocycles. The summed E-state index contributed by atoms with van der Waals surface area (Å²) in [5.41, 5.74) is 3.91. The summed E-state index contributed by atoms with van der Waals surface area (Å²) in [7, 11) is 0. The van der Waals surface area contributed by atoms with Gasteiger partial charge in [-0.25, -0.2) is 4.79 Å². The Morgan fingerprint density at radius 1 is 1.17 bits per heavy atom. The fourth-order valence-electron chi connectivity index (χ4n) is 3.62. The molecule has 0 bridgehead atoms. The minimum atomic E-state index is -0.420. The number of hydrogen-bond acceptors (Lipinski definition) is 3. The van der Waals surface area contributed by atoms with E-state index in [0.717, 1.165) is 26.2 Å². The van der Waals surface area contributed by atoms with Crippen LogP contribution in [-0.2, 0) is 11.2 Å². The van der Waals surface area contributed by atoms with Gasteiger partial charge < -0.3 is 9.64 Å². The van der Waals surface area contributed by atoms with Gasteiger partial charge in [-0.2, -0.15) is 0 Å². The van der Waals surface area contributed by atoms with Crippen LogP contribution in [0.15, 0.2) is 18.2 Å². The molecule has 0 aromatic heterocycles. The lowest BCUT2D eigenvalue weighted by molar-refractivity contribution is 0.0103. The number of aryl methyl sites for hydroxylation is 2. The second kappa shape index (κ2) is 6.16. The smallest absolute Gasteiger partial charge is 0.410 e. The van der Waals surface area contributed by atoms with Crippen LogP contribution >= 0.6 is 0 Å². The lowest BCUT2D eigenvalue weighted by atomic mass is 10.0. The van der Waals surface area contributed by atoms with E-state index >= 15 is 0 Å². The first kappa shape index (κ1) is 16.3. The molecule has 0 radical (unpaired) electrons. The van der Waals surface area contributed by atoms with Crippen LogP contribution in [-0.4, -0.2) is 47.7 Å². The molecule has 1 saturated heterocycles. The predicted octanol–water partition coefficient (Wildman–Crippen LogP) is 3.54. The van der Waals surface area contributed by atoms with Gasteiger partial charge in [0.05, 0.1) is 0 Å². The largest absolute Gasteiger partial charge is 0.444 e. The zero-order valence-electron chi connectivity index (χ0n) is 14.8. The van der Waals surface area contributed by atoms with Crippen molar-refractivity contribution in [2.45, 2.75) is 52.2 Å². The van der Waals surface area contributed by atoms with Gasteiger partial charge in [-0.15, -0.1) is 0 Å². The highest BCUT2D eigenvalue weighted by Gasteiger charge is 2.32. The van der Waals surface area contributed by atoms with Crippen molar-refractivity contribution < 1.29 is 9.53 Å². The van der Waals surface area contributed by atoms with Crippen LogP contribution in [0.3, 0.4) is 0 Å². The lowest BCUT2D eigenvalue weighted by Crippen LogP contribution is -2.50. The van der Waals surface area contributed by atoms with Crippen LogP contribution in [0, 0.1) is 6.92 Å². The van der Waals surface area contributed by atoms with E-state index in [1.54, 1.807) is 0 Å².